The van der Waals surface area contributed by atoms with Gasteiger partial charge in [0.1, 0.15) is 12.4 Å². The largest absolute Gasteiger partial charge is 0.488 e. The van der Waals surface area contributed by atoms with Gasteiger partial charge in [0.2, 0.25) is 10.7 Å². The lowest BCUT2D eigenvalue weighted by molar-refractivity contribution is -0.137. The Morgan fingerprint density at radius 1 is 0.972 bits per heavy atom. The first kappa shape index (κ1) is 27.9. The monoisotopic (exact) mass is 579 g/mol. The van der Waals surface area contributed by atoms with E-state index < -0.39 is 45.9 Å². The van der Waals surface area contributed by atoms with Crippen molar-refractivity contribution in [3.05, 3.63) is 92.7 Å². The Bertz CT molecular complexity index is 1330. The molecule has 188 valence electrons. The van der Waals surface area contributed by atoms with Crippen molar-refractivity contribution in [3.63, 3.8) is 0 Å². The van der Waals surface area contributed by atoms with E-state index in [1.165, 1.54) is 36.4 Å². The molecule has 2 atom stereocenters. The van der Waals surface area contributed by atoms with Crippen molar-refractivity contribution in [2.45, 2.75) is 17.2 Å². The van der Waals surface area contributed by atoms with E-state index in [4.69, 9.17) is 55.9 Å². The Balaban J connectivity index is 1.97. The number of para-hydroxylation sites is 1. The Morgan fingerprint density at radius 3 is 2.25 bits per heavy atom. The number of hydrogen-bond acceptors (Lipinski definition) is 4. The average molecular weight is 581 g/mol. The Kier molecular flexibility index (Phi) is 8.63. The number of ether oxygens (including phenoxy) is 2. The fourth-order valence-corrected chi connectivity index (χ4v) is 4.18. The predicted octanol–water partition coefficient (Wildman–Crippen LogP) is 7.86. The van der Waals surface area contributed by atoms with Gasteiger partial charge in [-0.2, -0.15) is 18.4 Å². The molecule has 0 heterocycles. The van der Waals surface area contributed by atoms with Gasteiger partial charge in [-0.3, -0.25) is 4.79 Å². The summed E-state index contributed by atoms with van der Waals surface area (Å²) >= 11 is 24.4. The number of rotatable bonds is 8. The highest BCUT2D eigenvalue weighted by Crippen LogP contribution is 2.38. The molecule has 0 aliphatic carbocycles. The second kappa shape index (κ2) is 11.1. The maximum Gasteiger partial charge on any atom is 0.416 e. The van der Waals surface area contributed by atoms with Gasteiger partial charge in [0.15, 0.2) is 17.7 Å². The number of ketones is 1. The predicted molar refractivity (Wildman–Crippen MR) is 127 cm³/mol. The van der Waals surface area contributed by atoms with Gasteiger partial charge in [0.05, 0.1) is 16.7 Å². The number of carbonyl (C=O) groups excluding carboxylic acids is 1. The van der Waals surface area contributed by atoms with Crippen molar-refractivity contribution >= 4 is 52.2 Å². The van der Waals surface area contributed by atoms with Gasteiger partial charge in [-0.15, -0.1) is 0 Å². The molecule has 0 radical (unpaired) electrons. The molecular weight excluding hydrogens is 568 g/mol. The first-order chi connectivity index (χ1) is 16.9. The van der Waals surface area contributed by atoms with Crippen LogP contribution < -0.4 is 9.47 Å². The summed E-state index contributed by atoms with van der Waals surface area (Å²) in [5.74, 6) is -2.50. The zero-order valence-corrected chi connectivity index (χ0v) is 20.8. The number of carbonyl (C=O) groups is 1. The lowest BCUT2D eigenvalue weighted by Gasteiger charge is -2.26. The van der Waals surface area contributed by atoms with Gasteiger partial charge in [0, 0.05) is 15.6 Å². The summed E-state index contributed by atoms with van der Waals surface area (Å²) in [5.41, 5.74) is -1.13. The van der Waals surface area contributed by atoms with E-state index in [2.05, 4.69) is 0 Å². The molecule has 2 unspecified atom stereocenters. The Labute approximate surface area is 222 Å². The minimum Gasteiger partial charge on any atom is -0.488 e. The molecule has 36 heavy (non-hydrogen) atoms. The average Bonchev–Trinajstić information content (AvgIpc) is 2.82. The lowest BCUT2D eigenvalue weighted by atomic mass is 9.92. The van der Waals surface area contributed by atoms with Gasteiger partial charge in [-0.25, -0.2) is 4.39 Å². The number of hydrogen-bond donors (Lipinski definition) is 0. The summed E-state index contributed by atoms with van der Waals surface area (Å²) in [6.07, 6.45) is -6.36. The highest BCUT2D eigenvalue weighted by molar-refractivity contribution is 6.41. The zero-order valence-electron chi connectivity index (χ0n) is 17.8. The number of benzene rings is 3. The van der Waals surface area contributed by atoms with Crippen molar-refractivity contribution in [2.24, 2.45) is 0 Å². The zero-order chi connectivity index (χ0) is 26.7. The van der Waals surface area contributed by atoms with Crippen LogP contribution in [0.5, 0.6) is 11.5 Å². The second-order valence-corrected chi connectivity index (χ2v) is 9.07. The molecule has 12 heteroatoms. The normalized spacial score (nSPS) is 13.9. The summed E-state index contributed by atoms with van der Waals surface area (Å²) in [5, 5.41) is 9.54. The fraction of sp³-hybridized carbons (Fsp3) is 0.167. The molecule has 3 aromatic rings. The summed E-state index contributed by atoms with van der Waals surface area (Å²) in [6, 6.07) is 13.0. The van der Waals surface area contributed by atoms with E-state index in [1.54, 1.807) is 6.07 Å². The molecule has 4 nitrogen and oxygen atoms in total. The second-order valence-electron chi connectivity index (χ2n) is 7.25. The van der Waals surface area contributed by atoms with Crippen LogP contribution in [0.1, 0.15) is 11.1 Å². The summed E-state index contributed by atoms with van der Waals surface area (Å²) in [7, 11) is 0. The topological polar surface area (TPSA) is 59.3 Å². The van der Waals surface area contributed by atoms with Gasteiger partial charge in [0.25, 0.3) is 0 Å². The molecule has 0 aromatic heterocycles. The minimum atomic E-state index is -4.64. The van der Waals surface area contributed by atoms with Gasteiger partial charge in [-0.1, -0.05) is 64.6 Å². The first-order valence-corrected chi connectivity index (χ1v) is 11.4. The molecule has 0 N–H and O–H groups in total. The van der Waals surface area contributed by atoms with E-state index in [0.717, 1.165) is 18.2 Å². The molecular formula is C24H13Cl4F4NO3. The van der Waals surface area contributed by atoms with Crippen LogP contribution in [0.4, 0.5) is 17.6 Å². The summed E-state index contributed by atoms with van der Waals surface area (Å²) < 4.78 is 64.0. The van der Waals surface area contributed by atoms with E-state index >= 15 is 0 Å². The van der Waals surface area contributed by atoms with Gasteiger partial charge < -0.3 is 9.47 Å². The molecule has 0 saturated carbocycles. The van der Waals surface area contributed by atoms with Crippen molar-refractivity contribution in [2.75, 3.05) is 6.61 Å². The maximum absolute atomic E-state index is 14.3. The molecule has 0 aliphatic rings. The molecule has 0 bridgehead atoms. The van der Waals surface area contributed by atoms with Crippen molar-refractivity contribution < 1.29 is 31.8 Å². The van der Waals surface area contributed by atoms with Crippen molar-refractivity contribution in [3.8, 4) is 17.6 Å². The molecule has 0 amide bonds. The number of Topliss-reactive ketones (excluding diaryl/α,β-unsaturated/α-hetero) is 1. The van der Waals surface area contributed by atoms with E-state index in [-0.39, 0.29) is 27.1 Å². The van der Waals surface area contributed by atoms with Crippen LogP contribution in [-0.4, -0.2) is 18.5 Å². The van der Waals surface area contributed by atoms with Crippen LogP contribution in [-0.2, 0) is 15.8 Å². The Hall–Kier alpha value is -2.70. The summed E-state index contributed by atoms with van der Waals surface area (Å²) in [4.78, 5) is 11.1. The third kappa shape index (κ3) is 6.16. The Morgan fingerprint density at radius 2 is 1.67 bits per heavy atom. The number of nitrogens with zero attached hydrogens (tertiary/aromatic N) is 1. The van der Waals surface area contributed by atoms with Gasteiger partial charge in [-0.05, 0) is 42.5 Å². The number of halogens is 8. The van der Waals surface area contributed by atoms with E-state index in [9.17, 15) is 27.6 Å². The quantitative estimate of drug-likeness (QED) is 0.201. The molecule has 3 aromatic carbocycles. The highest BCUT2D eigenvalue weighted by Gasteiger charge is 2.45. The number of nitriles is 1. The smallest absolute Gasteiger partial charge is 0.416 e. The highest BCUT2D eigenvalue weighted by atomic mass is 35.5. The minimum absolute atomic E-state index is 0.0938. The molecule has 0 saturated heterocycles. The van der Waals surface area contributed by atoms with Crippen molar-refractivity contribution in [1.82, 2.24) is 0 Å². The molecule has 0 spiro atoms. The standard InChI is InChI=1S/C24H13Cl4F4NO3/c25-14-6-7-15(16(26)10-14)23(28,12-33)22(34)21(36-20-4-2-1-3-18(20)29)11-35-19-8-5-13(9-17(19)27)24(30,31)32/h1-10,21H,11H2. The van der Waals surface area contributed by atoms with Crippen LogP contribution >= 0.6 is 46.4 Å². The van der Waals surface area contributed by atoms with E-state index in [0.29, 0.717) is 6.07 Å². The fourth-order valence-electron chi connectivity index (χ4n) is 3.06. The third-order valence-corrected chi connectivity index (χ3v) is 6.16. The maximum atomic E-state index is 14.3. The van der Waals surface area contributed by atoms with Crippen LogP contribution in [0.15, 0.2) is 60.7 Å². The SMILES string of the molecule is N#CC(Cl)(C(=O)C(COc1ccc(C(F)(F)F)cc1Cl)Oc1ccccc1F)c1ccc(Cl)cc1Cl. The van der Waals surface area contributed by atoms with Crippen LogP contribution in [0.25, 0.3) is 0 Å². The molecule has 0 aliphatic heterocycles. The van der Waals surface area contributed by atoms with Crippen LogP contribution in [0.3, 0.4) is 0 Å². The number of alkyl halides is 4. The molecule has 3 rings (SSSR count). The first-order valence-electron chi connectivity index (χ1n) is 9.87. The van der Waals surface area contributed by atoms with E-state index in [1.807, 2.05) is 0 Å². The van der Waals surface area contributed by atoms with Crippen molar-refractivity contribution in [1.29, 1.82) is 5.26 Å². The van der Waals surface area contributed by atoms with Crippen LogP contribution in [0.2, 0.25) is 15.1 Å². The van der Waals surface area contributed by atoms with Crippen LogP contribution in [0, 0.1) is 17.1 Å². The third-order valence-electron chi connectivity index (χ3n) is 4.84. The molecule has 0 fully saturated rings. The van der Waals surface area contributed by atoms with Gasteiger partial charge >= 0.3 is 6.18 Å². The summed E-state index contributed by atoms with van der Waals surface area (Å²) in [6.45, 7) is -0.695. The lowest BCUT2D eigenvalue weighted by Crippen LogP contribution is -2.44.